The Hall–Kier alpha value is -1.58. The fourth-order valence-corrected chi connectivity index (χ4v) is 1.20. The summed E-state index contributed by atoms with van der Waals surface area (Å²) in [5.41, 5.74) is 4.53. The summed E-state index contributed by atoms with van der Waals surface area (Å²) in [4.78, 5) is 22.3. The molecule has 15 heavy (non-hydrogen) atoms. The van der Waals surface area contributed by atoms with Crippen molar-refractivity contribution >= 4 is 11.8 Å². The molecule has 4 heteroatoms. The van der Waals surface area contributed by atoms with Gasteiger partial charge in [0.05, 0.1) is 0 Å². The number of hydrogen-bond acceptors (Lipinski definition) is 2. The number of hydrogen-bond donors (Lipinski definition) is 1. The van der Waals surface area contributed by atoms with Crippen LogP contribution < -0.4 is 5.73 Å². The molecule has 0 bridgehead atoms. The molecule has 1 aliphatic heterocycles. The molecule has 1 saturated heterocycles. The van der Waals surface area contributed by atoms with Crippen LogP contribution in [0.3, 0.4) is 0 Å². The van der Waals surface area contributed by atoms with Gasteiger partial charge in [0, 0.05) is 13.0 Å². The lowest BCUT2D eigenvalue weighted by atomic mass is 10.2. The SMILES string of the molecule is C=CC(N)=O.C=CN1CCCCCC1=O. The Morgan fingerprint density at radius 3 is 2.40 bits per heavy atom. The Kier molecular flexibility index (Phi) is 6.97. The molecule has 0 aromatic carbocycles. The number of amides is 2. The second-order valence-electron chi connectivity index (χ2n) is 3.19. The van der Waals surface area contributed by atoms with Gasteiger partial charge in [0.2, 0.25) is 11.8 Å². The van der Waals surface area contributed by atoms with Crippen molar-refractivity contribution in [1.29, 1.82) is 0 Å². The van der Waals surface area contributed by atoms with E-state index >= 15 is 0 Å². The Morgan fingerprint density at radius 2 is 1.93 bits per heavy atom. The summed E-state index contributed by atoms with van der Waals surface area (Å²) in [5.74, 6) is -0.252. The van der Waals surface area contributed by atoms with Gasteiger partial charge < -0.3 is 10.6 Å². The zero-order valence-electron chi connectivity index (χ0n) is 8.95. The molecule has 2 amide bonds. The topological polar surface area (TPSA) is 63.4 Å². The molecule has 0 radical (unpaired) electrons. The lowest BCUT2D eigenvalue weighted by molar-refractivity contribution is -0.128. The minimum atomic E-state index is -0.481. The molecule has 2 N–H and O–H groups in total. The van der Waals surface area contributed by atoms with E-state index in [1.807, 2.05) is 0 Å². The summed E-state index contributed by atoms with van der Waals surface area (Å²) in [5, 5.41) is 0. The Bertz CT molecular complexity index is 249. The van der Waals surface area contributed by atoms with Gasteiger partial charge in [0.25, 0.3) is 0 Å². The first-order valence-electron chi connectivity index (χ1n) is 4.95. The zero-order chi connectivity index (χ0) is 11.7. The molecule has 0 aromatic rings. The lowest BCUT2D eigenvalue weighted by Gasteiger charge is -2.13. The van der Waals surface area contributed by atoms with Crippen LogP contribution in [-0.2, 0) is 9.59 Å². The highest BCUT2D eigenvalue weighted by Crippen LogP contribution is 2.10. The summed E-state index contributed by atoms with van der Waals surface area (Å²) in [6, 6.07) is 0. The first-order valence-corrected chi connectivity index (χ1v) is 4.95. The monoisotopic (exact) mass is 210 g/mol. The van der Waals surface area contributed by atoms with E-state index in [1.54, 1.807) is 11.1 Å². The van der Waals surface area contributed by atoms with Crippen LogP contribution in [0.2, 0.25) is 0 Å². The van der Waals surface area contributed by atoms with Gasteiger partial charge >= 0.3 is 0 Å². The van der Waals surface area contributed by atoms with Crippen LogP contribution in [-0.4, -0.2) is 23.3 Å². The number of carbonyl (C=O) groups is 2. The van der Waals surface area contributed by atoms with E-state index in [0.717, 1.165) is 25.5 Å². The molecule has 0 aliphatic carbocycles. The molecular formula is C11H18N2O2. The van der Waals surface area contributed by atoms with Crippen LogP contribution in [0.15, 0.2) is 25.4 Å². The molecule has 84 valence electrons. The van der Waals surface area contributed by atoms with Crippen LogP contribution in [0.1, 0.15) is 25.7 Å². The number of nitrogens with zero attached hydrogens (tertiary/aromatic N) is 1. The van der Waals surface area contributed by atoms with Crippen LogP contribution in [0.5, 0.6) is 0 Å². The van der Waals surface area contributed by atoms with Crippen molar-refractivity contribution in [3.8, 4) is 0 Å². The van der Waals surface area contributed by atoms with E-state index in [4.69, 9.17) is 0 Å². The van der Waals surface area contributed by atoms with Crippen LogP contribution >= 0.6 is 0 Å². The molecule has 0 spiro atoms. The highest BCUT2D eigenvalue weighted by atomic mass is 16.2. The molecule has 1 aliphatic rings. The van der Waals surface area contributed by atoms with Crippen LogP contribution in [0.4, 0.5) is 0 Å². The number of rotatable bonds is 2. The van der Waals surface area contributed by atoms with Crippen molar-refractivity contribution in [1.82, 2.24) is 4.90 Å². The molecule has 0 aromatic heterocycles. The van der Waals surface area contributed by atoms with Gasteiger partial charge in [0.15, 0.2) is 0 Å². The largest absolute Gasteiger partial charge is 0.366 e. The summed E-state index contributed by atoms with van der Waals surface area (Å²) >= 11 is 0. The van der Waals surface area contributed by atoms with Crippen molar-refractivity contribution in [3.63, 3.8) is 0 Å². The normalized spacial score (nSPS) is 15.7. The van der Waals surface area contributed by atoms with Gasteiger partial charge in [-0.2, -0.15) is 0 Å². The minimum absolute atomic E-state index is 0.229. The maximum absolute atomic E-state index is 11.1. The van der Waals surface area contributed by atoms with Crippen LogP contribution in [0, 0.1) is 0 Å². The van der Waals surface area contributed by atoms with E-state index in [-0.39, 0.29) is 5.91 Å². The quantitative estimate of drug-likeness (QED) is 0.696. The second kappa shape index (κ2) is 7.79. The van der Waals surface area contributed by atoms with Crippen molar-refractivity contribution in [2.24, 2.45) is 5.73 Å². The van der Waals surface area contributed by atoms with Gasteiger partial charge in [-0.05, 0) is 25.1 Å². The Morgan fingerprint density at radius 1 is 1.33 bits per heavy atom. The molecule has 1 heterocycles. The van der Waals surface area contributed by atoms with Crippen molar-refractivity contribution < 1.29 is 9.59 Å². The van der Waals surface area contributed by atoms with Gasteiger partial charge in [0.1, 0.15) is 0 Å². The zero-order valence-corrected chi connectivity index (χ0v) is 8.95. The molecular weight excluding hydrogens is 192 g/mol. The fraction of sp³-hybridized carbons (Fsp3) is 0.455. The standard InChI is InChI=1S/C8H13NO.C3H5NO/c1-2-9-7-5-3-4-6-8(9)10;1-2-3(4)5/h2H,1,3-7H2;2H,1H2,(H2,4,5). The van der Waals surface area contributed by atoms with Crippen molar-refractivity contribution in [2.75, 3.05) is 6.54 Å². The minimum Gasteiger partial charge on any atom is -0.366 e. The molecule has 4 nitrogen and oxygen atoms in total. The van der Waals surface area contributed by atoms with Gasteiger partial charge in [-0.3, -0.25) is 9.59 Å². The van der Waals surface area contributed by atoms with E-state index < -0.39 is 5.91 Å². The smallest absolute Gasteiger partial charge is 0.240 e. The summed E-state index contributed by atoms with van der Waals surface area (Å²) in [6.45, 7) is 7.53. The number of nitrogens with two attached hydrogens (primary N) is 1. The predicted molar refractivity (Wildman–Crippen MR) is 59.8 cm³/mol. The average molecular weight is 210 g/mol. The van der Waals surface area contributed by atoms with Crippen LogP contribution in [0.25, 0.3) is 0 Å². The van der Waals surface area contributed by atoms with E-state index in [0.29, 0.717) is 6.42 Å². The summed E-state index contributed by atoms with van der Waals surface area (Å²) in [6.07, 6.45) is 6.73. The van der Waals surface area contributed by atoms with Gasteiger partial charge in [-0.25, -0.2) is 0 Å². The summed E-state index contributed by atoms with van der Waals surface area (Å²) in [7, 11) is 0. The first-order chi connectivity index (χ1) is 7.11. The summed E-state index contributed by atoms with van der Waals surface area (Å²) < 4.78 is 0. The Labute approximate surface area is 90.4 Å². The predicted octanol–water partition coefficient (Wildman–Crippen LogP) is 1.19. The third-order valence-corrected chi connectivity index (χ3v) is 2.03. The highest BCUT2D eigenvalue weighted by Gasteiger charge is 2.12. The fourth-order valence-electron chi connectivity index (χ4n) is 1.20. The maximum atomic E-state index is 11.1. The molecule has 0 saturated carbocycles. The van der Waals surface area contributed by atoms with Gasteiger partial charge in [-0.1, -0.05) is 19.6 Å². The van der Waals surface area contributed by atoms with E-state index in [9.17, 15) is 9.59 Å². The van der Waals surface area contributed by atoms with Crippen molar-refractivity contribution in [3.05, 3.63) is 25.4 Å². The molecule has 1 rings (SSSR count). The first kappa shape index (κ1) is 13.4. The van der Waals surface area contributed by atoms with E-state index in [2.05, 4.69) is 18.9 Å². The second-order valence-corrected chi connectivity index (χ2v) is 3.19. The van der Waals surface area contributed by atoms with Crippen molar-refractivity contribution in [2.45, 2.75) is 25.7 Å². The Balaban J connectivity index is 0.000000336. The maximum Gasteiger partial charge on any atom is 0.240 e. The number of primary amides is 1. The van der Waals surface area contributed by atoms with Gasteiger partial charge in [-0.15, -0.1) is 0 Å². The third kappa shape index (κ3) is 6.49. The lowest BCUT2D eigenvalue weighted by Crippen LogP contribution is -2.23. The highest BCUT2D eigenvalue weighted by molar-refractivity contribution is 5.84. The number of likely N-dealkylation sites (tertiary alicyclic amines) is 1. The molecule has 0 atom stereocenters. The average Bonchev–Trinajstić information content (AvgIpc) is 2.43. The van der Waals surface area contributed by atoms with E-state index in [1.165, 1.54) is 6.42 Å². The third-order valence-electron chi connectivity index (χ3n) is 2.03. The molecule has 0 unspecified atom stereocenters. The number of carbonyl (C=O) groups excluding carboxylic acids is 2. The molecule has 1 fully saturated rings.